The maximum atomic E-state index is 12.4. The van der Waals surface area contributed by atoms with Gasteiger partial charge in [0.1, 0.15) is 13.0 Å². The van der Waals surface area contributed by atoms with Crippen molar-refractivity contribution >= 4 is 0 Å². The molecule has 2 atom stereocenters. The summed E-state index contributed by atoms with van der Waals surface area (Å²) in [5.41, 5.74) is 6.01. The van der Waals surface area contributed by atoms with Crippen LogP contribution in [0.2, 0.25) is 0 Å². The number of alkyl halides is 2. The molecule has 0 amide bonds. The second-order valence-corrected chi connectivity index (χ2v) is 3.47. The van der Waals surface area contributed by atoms with E-state index < -0.39 is 19.0 Å². The lowest BCUT2D eigenvalue weighted by molar-refractivity contribution is 0.257. The van der Waals surface area contributed by atoms with Gasteiger partial charge in [-0.2, -0.15) is 0 Å². The first-order valence-corrected chi connectivity index (χ1v) is 4.95. The first kappa shape index (κ1) is 12.1. The van der Waals surface area contributed by atoms with E-state index in [0.29, 0.717) is 6.54 Å². The molecule has 1 rings (SSSR count). The SMILES string of the molecule is NC(F)CC(CF)NCc1ccccc1. The van der Waals surface area contributed by atoms with Crippen LogP contribution in [0.1, 0.15) is 12.0 Å². The Bertz CT molecular complexity index is 265. The van der Waals surface area contributed by atoms with Crippen LogP contribution in [0.15, 0.2) is 30.3 Å². The fourth-order valence-corrected chi connectivity index (χ4v) is 1.33. The number of nitrogens with one attached hydrogen (secondary N) is 1. The number of nitrogens with two attached hydrogens (primary N) is 1. The van der Waals surface area contributed by atoms with Gasteiger partial charge in [-0.05, 0) is 5.56 Å². The van der Waals surface area contributed by atoms with Crippen LogP contribution in [0.4, 0.5) is 8.78 Å². The van der Waals surface area contributed by atoms with Crippen LogP contribution in [0.3, 0.4) is 0 Å². The molecule has 0 aliphatic rings. The molecule has 3 N–H and O–H groups in total. The number of rotatable bonds is 6. The van der Waals surface area contributed by atoms with E-state index in [-0.39, 0.29) is 6.42 Å². The molecular formula is C11H16F2N2. The molecule has 1 aromatic carbocycles. The molecule has 0 spiro atoms. The number of halogens is 2. The van der Waals surface area contributed by atoms with Crippen molar-refractivity contribution < 1.29 is 8.78 Å². The van der Waals surface area contributed by atoms with E-state index in [4.69, 9.17) is 5.73 Å². The quantitative estimate of drug-likeness (QED) is 0.708. The second-order valence-electron chi connectivity index (χ2n) is 3.47. The first-order valence-electron chi connectivity index (χ1n) is 4.95. The fourth-order valence-electron chi connectivity index (χ4n) is 1.33. The highest BCUT2D eigenvalue weighted by molar-refractivity contribution is 5.14. The molecule has 0 saturated heterocycles. The molecule has 84 valence electrons. The predicted octanol–water partition coefficient (Wildman–Crippen LogP) is 1.76. The van der Waals surface area contributed by atoms with Crippen molar-refractivity contribution in [1.29, 1.82) is 0 Å². The Balaban J connectivity index is 2.34. The molecule has 0 aliphatic carbocycles. The van der Waals surface area contributed by atoms with Crippen molar-refractivity contribution in [1.82, 2.24) is 5.32 Å². The van der Waals surface area contributed by atoms with E-state index >= 15 is 0 Å². The first-order chi connectivity index (χ1) is 7.22. The molecule has 0 heterocycles. The molecule has 2 nitrogen and oxygen atoms in total. The Hall–Kier alpha value is -1.00. The lowest BCUT2D eigenvalue weighted by Gasteiger charge is -2.15. The zero-order valence-electron chi connectivity index (χ0n) is 8.50. The third-order valence-electron chi connectivity index (χ3n) is 2.13. The highest BCUT2D eigenvalue weighted by atomic mass is 19.1. The Morgan fingerprint density at radius 3 is 2.47 bits per heavy atom. The Morgan fingerprint density at radius 2 is 1.93 bits per heavy atom. The third-order valence-corrected chi connectivity index (χ3v) is 2.13. The maximum Gasteiger partial charge on any atom is 0.150 e. The van der Waals surface area contributed by atoms with E-state index in [1.807, 2.05) is 30.3 Å². The molecule has 0 fully saturated rings. The Morgan fingerprint density at radius 1 is 1.27 bits per heavy atom. The van der Waals surface area contributed by atoms with Gasteiger partial charge in [-0.1, -0.05) is 30.3 Å². The van der Waals surface area contributed by atoms with E-state index in [1.165, 1.54) is 0 Å². The molecular weight excluding hydrogens is 198 g/mol. The van der Waals surface area contributed by atoms with Crippen molar-refractivity contribution in [2.75, 3.05) is 6.67 Å². The molecule has 15 heavy (non-hydrogen) atoms. The smallest absolute Gasteiger partial charge is 0.150 e. The topological polar surface area (TPSA) is 38.0 Å². The lowest BCUT2D eigenvalue weighted by atomic mass is 10.2. The van der Waals surface area contributed by atoms with E-state index in [2.05, 4.69) is 5.32 Å². The fraction of sp³-hybridized carbons (Fsp3) is 0.455. The zero-order valence-corrected chi connectivity index (χ0v) is 8.50. The molecule has 0 aliphatic heterocycles. The summed E-state index contributed by atoms with van der Waals surface area (Å²) in [5, 5.41) is 2.92. The van der Waals surface area contributed by atoms with Gasteiger partial charge in [0.15, 0.2) is 0 Å². The van der Waals surface area contributed by atoms with Crippen molar-refractivity contribution in [2.24, 2.45) is 5.73 Å². The second kappa shape index (κ2) is 6.48. The van der Waals surface area contributed by atoms with E-state index in [9.17, 15) is 8.78 Å². The highest BCUT2D eigenvalue weighted by Crippen LogP contribution is 2.02. The summed E-state index contributed by atoms with van der Waals surface area (Å²) in [5.74, 6) is 0. The summed E-state index contributed by atoms with van der Waals surface area (Å²) < 4.78 is 24.9. The van der Waals surface area contributed by atoms with Crippen LogP contribution >= 0.6 is 0 Å². The minimum atomic E-state index is -1.46. The van der Waals surface area contributed by atoms with Crippen LogP contribution in [-0.4, -0.2) is 19.0 Å². The third kappa shape index (κ3) is 4.85. The average molecular weight is 214 g/mol. The largest absolute Gasteiger partial charge is 0.307 e. The van der Waals surface area contributed by atoms with E-state index in [1.54, 1.807) is 0 Å². The monoisotopic (exact) mass is 214 g/mol. The molecule has 1 aromatic rings. The van der Waals surface area contributed by atoms with Gasteiger partial charge in [0.25, 0.3) is 0 Å². The van der Waals surface area contributed by atoms with Gasteiger partial charge in [-0.3, -0.25) is 0 Å². The number of hydrogen-bond donors (Lipinski definition) is 2. The van der Waals surface area contributed by atoms with Gasteiger partial charge in [0, 0.05) is 19.0 Å². The molecule has 4 heteroatoms. The molecule has 0 saturated carbocycles. The zero-order chi connectivity index (χ0) is 11.1. The Labute approximate surface area is 88.5 Å². The van der Waals surface area contributed by atoms with Crippen LogP contribution in [0.25, 0.3) is 0 Å². The minimum Gasteiger partial charge on any atom is -0.307 e. The van der Waals surface area contributed by atoms with Crippen molar-refractivity contribution in [3.8, 4) is 0 Å². The standard InChI is InChI=1S/C11H16F2N2/c12-7-10(6-11(13)14)15-8-9-4-2-1-3-5-9/h1-5,10-11,15H,6-8,14H2. The Kier molecular flexibility index (Phi) is 5.21. The van der Waals surface area contributed by atoms with Crippen molar-refractivity contribution in [2.45, 2.75) is 25.3 Å². The number of benzene rings is 1. The summed E-state index contributed by atoms with van der Waals surface area (Å²) in [6.45, 7) is -0.0768. The van der Waals surface area contributed by atoms with Crippen LogP contribution < -0.4 is 11.1 Å². The van der Waals surface area contributed by atoms with Gasteiger partial charge in [0.05, 0.1) is 0 Å². The van der Waals surface area contributed by atoms with Crippen LogP contribution in [-0.2, 0) is 6.54 Å². The molecule has 0 radical (unpaired) electrons. The summed E-state index contributed by atoms with van der Waals surface area (Å²) in [7, 11) is 0. The van der Waals surface area contributed by atoms with Gasteiger partial charge < -0.3 is 11.1 Å². The summed E-state index contributed by atoms with van der Waals surface area (Å²) in [6, 6.07) is 9.07. The van der Waals surface area contributed by atoms with Crippen LogP contribution in [0, 0.1) is 0 Å². The average Bonchev–Trinajstić information content (AvgIpc) is 2.25. The summed E-state index contributed by atoms with van der Waals surface area (Å²) >= 11 is 0. The van der Waals surface area contributed by atoms with Crippen molar-refractivity contribution in [3.63, 3.8) is 0 Å². The lowest BCUT2D eigenvalue weighted by Crippen LogP contribution is -2.35. The number of hydrogen-bond acceptors (Lipinski definition) is 2. The predicted molar refractivity (Wildman–Crippen MR) is 56.7 cm³/mol. The molecule has 0 bridgehead atoms. The maximum absolute atomic E-state index is 12.4. The summed E-state index contributed by atoms with van der Waals surface area (Å²) in [6.07, 6.45) is -1.46. The highest BCUT2D eigenvalue weighted by Gasteiger charge is 2.11. The molecule has 0 aromatic heterocycles. The van der Waals surface area contributed by atoms with Crippen molar-refractivity contribution in [3.05, 3.63) is 35.9 Å². The summed E-state index contributed by atoms with van der Waals surface area (Å²) in [4.78, 5) is 0. The van der Waals surface area contributed by atoms with E-state index in [0.717, 1.165) is 5.56 Å². The van der Waals surface area contributed by atoms with Gasteiger partial charge in [-0.25, -0.2) is 8.78 Å². The van der Waals surface area contributed by atoms with Gasteiger partial charge in [-0.15, -0.1) is 0 Å². The minimum absolute atomic E-state index is 0.00331. The van der Waals surface area contributed by atoms with Gasteiger partial charge >= 0.3 is 0 Å². The molecule has 2 unspecified atom stereocenters. The normalized spacial score (nSPS) is 14.9. The van der Waals surface area contributed by atoms with Crippen LogP contribution in [0.5, 0.6) is 0 Å². The van der Waals surface area contributed by atoms with Gasteiger partial charge in [0.2, 0.25) is 0 Å².